The Hall–Kier alpha value is -2.73. The van der Waals surface area contributed by atoms with Gasteiger partial charge < -0.3 is 9.30 Å². The van der Waals surface area contributed by atoms with Gasteiger partial charge in [-0.3, -0.25) is 9.69 Å². The maximum Gasteiger partial charge on any atom is 0.238 e. The highest BCUT2D eigenvalue weighted by Crippen LogP contribution is 2.39. The predicted molar refractivity (Wildman–Crippen MR) is 112 cm³/mol. The van der Waals surface area contributed by atoms with Gasteiger partial charge in [0.2, 0.25) is 5.91 Å². The van der Waals surface area contributed by atoms with Crippen molar-refractivity contribution in [2.24, 2.45) is 0 Å². The van der Waals surface area contributed by atoms with E-state index in [0.717, 1.165) is 35.1 Å². The summed E-state index contributed by atoms with van der Waals surface area (Å²) in [7, 11) is 0. The van der Waals surface area contributed by atoms with Crippen LogP contribution >= 0.6 is 11.8 Å². The van der Waals surface area contributed by atoms with E-state index < -0.39 is 0 Å². The maximum atomic E-state index is 13.3. The van der Waals surface area contributed by atoms with Gasteiger partial charge in [-0.05, 0) is 24.1 Å². The van der Waals surface area contributed by atoms with Gasteiger partial charge in [-0.1, -0.05) is 61.2 Å². The number of amides is 1. The third-order valence-corrected chi connectivity index (χ3v) is 5.74. The fourth-order valence-corrected chi connectivity index (χ4v) is 4.31. The zero-order valence-electron chi connectivity index (χ0n) is 15.8. The van der Waals surface area contributed by atoms with Crippen molar-refractivity contribution >= 4 is 23.4 Å². The minimum Gasteiger partial charge on any atom is -0.489 e. The monoisotopic (exact) mass is 393 g/mol. The Morgan fingerprint density at radius 2 is 1.96 bits per heavy atom. The molecule has 3 aromatic rings. The lowest BCUT2D eigenvalue weighted by atomic mass is 10.0. The first-order valence-corrected chi connectivity index (χ1v) is 10.5. The maximum absolute atomic E-state index is 13.3. The van der Waals surface area contributed by atoms with E-state index in [4.69, 9.17) is 4.74 Å². The van der Waals surface area contributed by atoms with Crippen molar-refractivity contribution < 1.29 is 9.53 Å². The van der Waals surface area contributed by atoms with E-state index in [-0.39, 0.29) is 11.9 Å². The molecule has 0 saturated heterocycles. The van der Waals surface area contributed by atoms with Crippen LogP contribution in [0.1, 0.15) is 24.9 Å². The lowest BCUT2D eigenvalue weighted by Crippen LogP contribution is -2.42. The van der Waals surface area contributed by atoms with Crippen molar-refractivity contribution in [3.8, 4) is 5.75 Å². The quantitative estimate of drug-likeness (QED) is 0.577. The van der Waals surface area contributed by atoms with Crippen LogP contribution < -0.4 is 9.64 Å². The molecule has 4 rings (SSSR count). The molecule has 0 radical (unpaired) electrons. The summed E-state index contributed by atoms with van der Waals surface area (Å²) in [5.74, 6) is 1.14. The average molecular weight is 394 g/mol. The van der Waals surface area contributed by atoms with Crippen LogP contribution in [0.2, 0.25) is 0 Å². The number of hydrogen-bond acceptors (Lipinski definition) is 4. The molecule has 144 valence electrons. The number of benzene rings is 2. The molecule has 0 bridgehead atoms. The van der Waals surface area contributed by atoms with Crippen molar-refractivity contribution in [3.05, 3.63) is 72.6 Å². The number of thioether (sulfide) groups is 1. The Kier molecular flexibility index (Phi) is 5.67. The van der Waals surface area contributed by atoms with E-state index in [1.807, 2.05) is 65.7 Å². The first-order chi connectivity index (χ1) is 13.8. The van der Waals surface area contributed by atoms with Crippen LogP contribution in [0.5, 0.6) is 5.75 Å². The number of aryl methyl sites for hydroxylation is 1. The molecule has 0 fully saturated rings. The van der Waals surface area contributed by atoms with Gasteiger partial charge >= 0.3 is 0 Å². The number of carbonyl (C=O) groups is 1. The third kappa shape index (κ3) is 3.78. The smallest absolute Gasteiger partial charge is 0.238 e. The van der Waals surface area contributed by atoms with Crippen LogP contribution in [0.4, 0.5) is 5.69 Å². The zero-order valence-corrected chi connectivity index (χ0v) is 16.6. The van der Waals surface area contributed by atoms with Crippen molar-refractivity contribution in [1.82, 2.24) is 9.55 Å². The molecule has 1 aliphatic heterocycles. The van der Waals surface area contributed by atoms with Crippen LogP contribution in [0, 0.1) is 0 Å². The molecule has 0 saturated carbocycles. The van der Waals surface area contributed by atoms with Gasteiger partial charge in [0.05, 0.1) is 17.5 Å². The van der Waals surface area contributed by atoms with Gasteiger partial charge in [0.1, 0.15) is 12.4 Å². The van der Waals surface area contributed by atoms with E-state index in [1.54, 1.807) is 6.20 Å². The van der Waals surface area contributed by atoms with Crippen LogP contribution in [-0.4, -0.2) is 27.8 Å². The number of nitrogens with zero attached hydrogens (tertiary/aromatic N) is 3. The summed E-state index contributed by atoms with van der Waals surface area (Å²) >= 11 is 1.49. The fraction of sp³-hybridized carbons (Fsp3) is 0.273. The topological polar surface area (TPSA) is 47.4 Å². The Morgan fingerprint density at radius 1 is 1.18 bits per heavy atom. The molecule has 0 spiro atoms. The highest BCUT2D eigenvalue weighted by Gasteiger charge is 2.33. The third-order valence-electron chi connectivity index (χ3n) is 4.75. The first-order valence-electron chi connectivity index (χ1n) is 9.50. The van der Waals surface area contributed by atoms with Crippen LogP contribution in [0.15, 0.2) is 72.1 Å². The van der Waals surface area contributed by atoms with Gasteiger partial charge in [-0.25, -0.2) is 4.98 Å². The molecule has 0 N–H and O–H groups in total. The number of rotatable bonds is 6. The zero-order chi connectivity index (χ0) is 19.3. The van der Waals surface area contributed by atoms with E-state index in [1.165, 1.54) is 11.8 Å². The van der Waals surface area contributed by atoms with Crippen molar-refractivity contribution in [2.75, 3.05) is 17.3 Å². The molecule has 1 atom stereocenters. The number of fused-ring (bicyclic) bond motifs is 1. The number of aromatic nitrogens is 2. The van der Waals surface area contributed by atoms with Crippen molar-refractivity contribution in [3.63, 3.8) is 0 Å². The lowest BCUT2D eigenvalue weighted by molar-refractivity contribution is -0.117. The number of hydrogen-bond donors (Lipinski definition) is 0. The normalized spacial score (nSPS) is 15.8. The molecule has 0 unspecified atom stereocenters. The summed E-state index contributed by atoms with van der Waals surface area (Å²) in [6.07, 6.45) is 4.79. The predicted octanol–water partition coefficient (Wildman–Crippen LogP) is 4.55. The van der Waals surface area contributed by atoms with E-state index in [9.17, 15) is 4.79 Å². The number of anilines is 1. The second kappa shape index (κ2) is 8.52. The van der Waals surface area contributed by atoms with E-state index in [2.05, 4.69) is 16.5 Å². The number of imidazole rings is 1. The number of ether oxygens (including phenoxy) is 1. The highest BCUT2D eigenvalue weighted by molar-refractivity contribution is 7.99. The van der Waals surface area contributed by atoms with Crippen molar-refractivity contribution in [1.29, 1.82) is 0 Å². The average Bonchev–Trinajstić information content (AvgIpc) is 3.19. The molecule has 1 aliphatic rings. The number of para-hydroxylation sites is 2. The Morgan fingerprint density at radius 3 is 2.79 bits per heavy atom. The summed E-state index contributed by atoms with van der Waals surface area (Å²) in [6, 6.07) is 17.7. The second-order valence-corrected chi connectivity index (χ2v) is 7.60. The minimum absolute atomic E-state index is 0.0562. The van der Waals surface area contributed by atoms with Gasteiger partial charge in [0.15, 0.2) is 5.16 Å². The lowest BCUT2D eigenvalue weighted by Gasteiger charge is -2.37. The van der Waals surface area contributed by atoms with Gasteiger partial charge in [0.25, 0.3) is 0 Å². The largest absolute Gasteiger partial charge is 0.489 e. The highest BCUT2D eigenvalue weighted by atomic mass is 32.2. The van der Waals surface area contributed by atoms with Crippen LogP contribution in [0.25, 0.3) is 0 Å². The van der Waals surface area contributed by atoms with E-state index in [0.29, 0.717) is 12.4 Å². The van der Waals surface area contributed by atoms with Crippen molar-refractivity contribution in [2.45, 2.75) is 31.1 Å². The van der Waals surface area contributed by atoms with E-state index >= 15 is 0 Å². The summed E-state index contributed by atoms with van der Waals surface area (Å²) in [4.78, 5) is 19.6. The second-order valence-electron chi connectivity index (χ2n) is 6.66. The molecule has 1 amide bonds. The number of carbonyl (C=O) groups excluding carboxylic acids is 1. The standard InChI is InChI=1S/C22H23N3O2S/c1-2-13-24-14-12-23-22(24)28-16-21(26)25-18-10-6-7-11-20(18)27-15-19(25)17-8-4-3-5-9-17/h3-12,14,19H,2,13,15-16H2,1H3/t19-/m1/s1. The van der Waals surface area contributed by atoms with Gasteiger partial charge in [-0.2, -0.15) is 0 Å². The first kappa shape index (κ1) is 18.6. The SMILES string of the molecule is CCCn1ccnc1SCC(=O)N1c2ccccc2OC[C@@H]1c1ccccc1. The Balaban J connectivity index is 1.59. The van der Waals surface area contributed by atoms with Crippen LogP contribution in [-0.2, 0) is 11.3 Å². The van der Waals surface area contributed by atoms with Crippen LogP contribution in [0.3, 0.4) is 0 Å². The molecule has 5 nitrogen and oxygen atoms in total. The fourth-order valence-electron chi connectivity index (χ4n) is 3.46. The minimum atomic E-state index is -0.139. The Labute approximate surface area is 169 Å². The Bertz CT molecular complexity index is 942. The van der Waals surface area contributed by atoms with Gasteiger partial charge in [-0.15, -0.1) is 0 Å². The summed E-state index contributed by atoms with van der Waals surface area (Å²) in [5.41, 5.74) is 1.90. The summed E-state index contributed by atoms with van der Waals surface area (Å²) < 4.78 is 8.05. The molecule has 28 heavy (non-hydrogen) atoms. The summed E-state index contributed by atoms with van der Waals surface area (Å²) in [6.45, 7) is 3.49. The summed E-state index contributed by atoms with van der Waals surface area (Å²) in [5, 5.41) is 0.882. The molecule has 2 aromatic carbocycles. The van der Waals surface area contributed by atoms with Gasteiger partial charge in [0, 0.05) is 18.9 Å². The molecule has 1 aromatic heterocycles. The molecular weight excluding hydrogens is 370 g/mol. The molecule has 2 heterocycles. The molecular formula is C22H23N3O2S. The molecule has 0 aliphatic carbocycles. The molecule has 6 heteroatoms.